The summed E-state index contributed by atoms with van der Waals surface area (Å²) in [5.41, 5.74) is 6.01. The van der Waals surface area contributed by atoms with Gasteiger partial charge in [0.1, 0.15) is 0 Å². The molecule has 0 saturated carbocycles. The van der Waals surface area contributed by atoms with E-state index in [1.54, 1.807) is 0 Å². The van der Waals surface area contributed by atoms with Crippen LogP contribution in [0.2, 0.25) is 0 Å². The molecule has 0 aromatic rings. The van der Waals surface area contributed by atoms with Crippen molar-refractivity contribution in [3.05, 3.63) is 0 Å². The monoisotopic (exact) mass is 242 g/mol. The van der Waals surface area contributed by atoms with Crippen LogP contribution in [0.5, 0.6) is 0 Å². The van der Waals surface area contributed by atoms with Crippen molar-refractivity contribution in [1.82, 2.24) is 5.32 Å². The molecule has 0 aliphatic heterocycles. The Morgan fingerprint density at radius 2 is 1.53 bits per heavy atom. The molecule has 0 aromatic carbocycles. The van der Waals surface area contributed by atoms with Crippen molar-refractivity contribution < 1.29 is 0 Å². The molecule has 0 aliphatic carbocycles. The van der Waals surface area contributed by atoms with E-state index < -0.39 is 0 Å². The number of rotatable bonds is 11. The summed E-state index contributed by atoms with van der Waals surface area (Å²) in [7, 11) is 0. The molecule has 1 unspecified atom stereocenters. The summed E-state index contributed by atoms with van der Waals surface area (Å²) < 4.78 is 0. The van der Waals surface area contributed by atoms with Crippen LogP contribution in [-0.2, 0) is 0 Å². The maximum atomic E-state index is 6.01. The lowest BCUT2D eigenvalue weighted by molar-refractivity contribution is 0.459. The summed E-state index contributed by atoms with van der Waals surface area (Å²) in [5.74, 6) is 1.57. The highest BCUT2D eigenvalue weighted by atomic mass is 14.9. The summed E-state index contributed by atoms with van der Waals surface area (Å²) in [4.78, 5) is 0. The van der Waals surface area contributed by atoms with Gasteiger partial charge in [-0.25, -0.2) is 0 Å². The third-order valence-corrected chi connectivity index (χ3v) is 3.07. The first kappa shape index (κ1) is 16.9. The van der Waals surface area contributed by atoms with Crippen LogP contribution in [-0.4, -0.2) is 19.1 Å². The number of nitrogens with one attached hydrogen (secondary N) is 1. The van der Waals surface area contributed by atoms with Crippen LogP contribution in [0.1, 0.15) is 66.2 Å². The minimum absolute atomic E-state index is 0.330. The Labute approximate surface area is 109 Å². The number of hydrogen-bond acceptors (Lipinski definition) is 2. The predicted octanol–water partition coefficient (Wildman–Crippen LogP) is 3.56. The Kier molecular flexibility index (Phi) is 11.0. The van der Waals surface area contributed by atoms with Crippen molar-refractivity contribution in [2.75, 3.05) is 13.1 Å². The summed E-state index contributed by atoms with van der Waals surface area (Å²) in [6, 6.07) is 0.330. The predicted molar refractivity (Wildman–Crippen MR) is 78.2 cm³/mol. The van der Waals surface area contributed by atoms with E-state index in [-0.39, 0.29) is 0 Å². The van der Waals surface area contributed by atoms with Crippen molar-refractivity contribution in [3.63, 3.8) is 0 Å². The van der Waals surface area contributed by atoms with E-state index in [2.05, 4.69) is 33.0 Å². The van der Waals surface area contributed by atoms with Gasteiger partial charge in [0.05, 0.1) is 0 Å². The van der Waals surface area contributed by atoms with Crippen molar-refractivity contribution in [1.29, 1.82) is 0 Å². The van der Waals surface area contributed by atoms with Gasteiger partial charge < -0.3 is 11.1 Å². The Morgan fingerprint density at radius 3 is 2.12 bits per heavy atom. The zero-order chi connectivity index (χ0) is 13.1. The third kappa shape index (κ3) is 13.9. The molecule has 0 spiro atoms. The molecular weight excluding hydrogens is 208 g/mol. The molecular formula is C15H34N2. The fourth-order valence-electron chi connectivity index (χ4n) is 2.13. The molecule has 0 fully saturated rings. The number of nitrogens with two attached hydrogens (primary N) is 1. The fraction of sp³-hybridized carbons (Fsp3) is 1.00. The highest BCUT2D eigenvalue weighted by Gasteiger charge is 2.04. The van der Waals surface area contributed by atoms with Crippen LogP contribution in [0.25, 0.3) is 0 Å². The second-order valence-corrected chi connectivity index (χ2v) is 6.19. The SMILES string of the molecule is CC(C)CCCCCCNCC(N)CC(C)C. The first-order valence-corrected chi connectivity index (χ1v) is 7.48. The lowest BCUT2D eigenvalue weighted by Gasteiger charge is -2.14. The molecule has 0 saturated heterocycles. The fourth-order valence-corrected chi connectivity index (χ4v) is 2.13. The highest BCUT2D eigenvalue weighted by molar-refractivity contribution is 4.66. The van der Waals surface area contributed by atoms with Gasteiger partial charge in [-0.15, -0.1) is 0 Å². The van der Waals surface area contributed by atoms with Crippen molar-refractivity contribution in [2.45, 2.75) is 72.3 Å². The molecule has 2 heteroatoms. The average molecular weight is 242 g/mol. The molecule has 0 heterocycles. The van der Waals surface area contributed by atoms with E-state index in [4.69, 9.17) is 5.73 Å². The maximum Gasteiger partial charge on any atom is 0.0167 e. The molecule has 0 amide bonds. The minimum atomic E-state index is 0.330. The summed E-state index contributed by atoms with van der Waals surface area (Å²) in [6.45, 7) is 11.2. The quantitative estimate of drug-likeness (QED) is 0.544. The van der Waals surface area contributed by atoms with E-state index in [1.807, 2.05) is 0 Å². The highest BCUT2D eigenvalue weighted by Crippen LogP contribution is 2.09. The van der Waals surface area contributed by atoms with Crippen LogP contribution in [0, 0.1) is 11.8 Å². The van der Waals surface area contributed by atoms with E-state index in [1.165, 1.54) is 32.1 Å². The standard InChI is InChI=1S/C15H34N2/c1-13(2)9-7-5-6-8-10-17-12-15(16)11-14(3)4/h13-15,17H,5-12,16H2,1-4H3. The molecule has 0 bridgehead atoms. The Balaban J connectivity index is 3.13. The van der Waals surface area contributed by atoms with Crippen LogP contribution in [0.3, 0.4) is 0 Å². The lowest BCUT2D eigenvalue weighted by Crippen LogP contribution is -2.35. The Bertz CT molecular complexity index is 155. The van der Waals surface area contributed by atoms with Gasteiger partial charge in [-0.3, -0.25) is 0 Å². The van der Waals surface area contributed by atoms with Crippen molar-refractivity contribution >= 4 is 0 Å². The lowest BCUT2D eigenvalue weighted by atomic mass is 10.0. The molecule has 0 aromatic heterocycles. The zero-order valence-corrected chi connectivity index (χ0v) is 12.5. The van der Waals surface area contributed by atoms with E-state index in [0.29, 0.717) is 12.0 Å². The average Bonchev–Trinajstić information content (AvgIpc) is 2.20. The molecule has 0 radical (unpaired) electrons. The van der Waals surface area contributed by atoms with Gasteiger partial charge in [0.25, 0.3) is 0 Å². The number of hydrogen-bond donors (Lipinski definition) is 2. The van der Waals surface area contributed by atoms with E-state index in [0.717, 1.165) is 25.4 Å². The van der Waals surface area contributed by atoms with Gasteiger partial charge in [-0.2, -0.15) is 0 Å². The summed E-state index contributed by atoms with van der Waals surface area (Å²) in [5, 5.41) is 3.47. The van der Waals surface area contributed by atoms with Crippen LogP contribution in [0.15, 0.2) is 0 Å². The first-order valence-electron chi connectivity index (χ1n) is 7.48. The van der Waals surface area contributed by atoms with Gasteiger partial charge in [-0.1, -0.05) is 53.4 Å². The van der Waals surface area contributed by atoms with Crippen molar-refractivity contribution in [3.8, 4) is 0 Å². The van der Waals surface area contributed by atoms with Gasteiger partial charge in [0.2, 0.25) is 0 Å². The summed E-state index contributed by atoms with van der Waals surface area (Å²) >= 11 is 0. The normalized spacial score (nSPS) is 13.6. The molecule has 1 atom stereocenters. The van der Waals surface area contributed by atoms with E-state index in [9.17, 15) is 0 Å². The molecule has 0 aliphatic rings. The van der Waals surface area contributed by atoms with E-state index >= 15 is 0 Å². The molecule has 2 nitrogen and oxygen atoms in total. The maximum absolute atomic E-state index is 6.01. The molecule has 104 valence electrons. The second-order valence-electron chi connectivity index (χ2n) is 6.19. The van der Waals surface area contributed by atoms with Crippen LogP contribution in [0.4, 0.5) is 0 Å². The second kappa shape index (κ2) is 11.0. The Morgan fingerprint density at radius 1 is 0.882 bits per heavy atom. The van der Waals surface area contributed by atoms with Crippen molar-refractivity contribution in [2.24, 2.45) is 17.6 Å². The topological polar surface area (TPSA) is 38.0 Å². The largest absolute Gasteiger partial charge is 0.327 e. The van der Waals surface area contributed by atoms with Gasteiger partial charge in [0, 0.05) is 12.6 Å². The molecule has 3 N–H and O–H groups in total. The third-order valence-electron chi connectivity index (χ3n) is 3.07. The first-order chi connectivity index (χ1) is 8.02. The zero-order valence-electron chi connectivity index (χ0n) is 12.5. The summed E-state index contributed by atoms with van der Waals surface area (Å²) in [6.07, 6.45) is 7.95. The Hall–Kier alpha value is -0.0800. The molecule has 0 rings (SSSR count). The smallest absolute Gasteiger partial charge is 0.0167 e. The van der Waals surface area contributed by atoms with Crippen LogP contribution >= 0.6 is 0 Å². The minimum Gasteiger partial charge on any atom is -0.327 e. The van der Waals surface area contributed by atoms with Gasteiger partial charge in [-0.05, 0) is 31.2 Å². The van der Waals surface area contributed by atoms with Gasteiger partial charge in [0.15, 0.2) is 0 Å². The number of unbranched alkanes of at least 4 members (excludes halogenated alkanes) is 3. The van der Waals surface area contributed by atoms with Gasteiger partial charge >= 0.3 is 0 Å². The van der Waals surface area contributed by atoms with Crippen LogP contribution < -0.4 is 11.1 Å². The molecule has 17 heavy (non-hydrogen) atoms.